The zero-order valence-corrected chi connectivity index (χ0v) is 32.7. The summed E-state index contributed by atoms with van der Waals surface area (Å²) in [5.74, 6) is -0.859. The molecular weight excluding hydrogens is 790 g/mol. The molecule has 13 atom stereocenters. The number of halogens is 1. The maximum atomic E-state index is 13.6. The van der Waals surface area contributed by atoms with Crippen molar-refractivity contribution in [3.63, 3.8) is 0 Å². The van der Waals surface area contributed by atoms with Gasteiger partial charge in [-0.15, -0.1) is 0 Å². The van der Waals surface area contributed by atoms with Crippen LogP contribution in [0.25, 0.3) is 11.1 Å². The first-order valence-corrected chi connectivity index (χ1v) is 21.2. The summed E-state index contributed by atoms with van der Waals surface area (Å²) in [6.45, 7) is -0.720. The molecule has 3 fully saturated rings. The Bertz CT molecular complexity index is 2080. The van der Waals surface area contributed by atoms with E-state index in [1.807, 2.05) is 42.5 Å². The molecule has 318 valence electrons. The van der Waals surface area contributed by atoms with E-state index >= 15 is 0 Å². The smallest absolute Gasteiger partial charge is 0.187 e. The van der Waals surface area contributed by atoms with Crippen molar-refractivity contribution < 1.29 is 67.9 Å². The third kappa shape index (κ3) is 9.24. The Morgan fingerprint density at radius 2 is 1.32 bits per heavy atom. The van der Waals surface area contributed by atoms with E-state index in [0.717, 1.165) is 35.3 Å². The molecule has 3 saturated heterocycles. The van der Waals surface area contributed by atoms with Crippen molar-refractivity contribution in [1.29, 1.82) is 0 Å². The van der Waals surface area contributed by atoms with Crippen LogP contribution in [0.4, 0.5) is 10.1 Å². The van der Waals surface area contributed by atoms with E-state index in [-0.39, 0.29) is 22.7 Å². The Balaban J connectivity index is 1.00. The number of benzene rings is 4. The number of aliphatic hydroxyl groups is 8. The van der Waals surface area contributed by atoms with Gasteiger partial charge in [-0.3, -0.25) is 0 Å². The third-order valence-electron chi connectivity index (χ3n) is 11.7. The monoisotopic (exact) mass is 839 g/mol. The molecule has 3 heterocycles. The standard InChI is InChI=1S/C43H50FNO13S/c44-29-15-10-26(11-16-29)32(48)19-14-28-20-45(30-4-2-1-3-5-30)36(28)27-8-6-24(7-9-27)25-12-17-31(18-13-25)59(54,55)23-35-38(50)40(52)42(34(22-47)56-35)58-43-41(53)39(51)37(49)33(21-46)57-43/h1-13,15-18,28,32-43,46-53H,14,19-23H2/t28-,32-,33?,34?,35-,36+,37+,38?,39-,40+,41?,42+,43-/m0/s1. The topological polar surface area (TPSA) is 227 Å². The number of hydrogen-bond donors (Lipinski definition) is 8. The minimum Gasteiger partial charge on any atom is -0.394 e. The van der Waals surface area contributed by atoms with Crippen LogP contribution < -0.4 is 4.90 Å². The fraction of sp³-hybridized carbons (Fsp3) is 0.442. The van der Waals surface area contributed by atoms with Gasteiger partial charge in [0.05, 0.1) is 36.0 Å². The summed E-state index contributed by atoms with van der Waals surface area (Å²) in [7, 11) is -4.12. The number of nitrogens with zero attached hydrogens (tertiary/aromatic N) is 1. The van der Waals surface area contributed by atoms with Crippen molar-refractivity contribution in [1.82, 2.24) is 0 Å². The molecule has 0 aromatic heterocycles. The van der Waals surface area contributed by atoms with Crippen LogP contribution in [0, 0.1) is 11.7 Å². The highest BCUT2D eigenvalue weighted by atomic mass is 32.2. The zero-order chi connectivity index (χ0) is 42.0. The number of hydrogen-bond acceptors (Lipinski definition) is 14. The number of sulfone groups is 1. The molecule has 4 aromatic rings. The molecule has 4 unspecified atom stereocenters. The van der Waals surface area contributed by atoms with E-state index in [9.17, 15) is 53.7 Å². The van der Waals surface area contributed by atoms with Gasteiger partial charge in [-0.2, -0.15) is 0 Å². The van der Waals surface area contributed by atoms with Gasteiger partial charge in [0.15, 0.2) is 16.1 Å². The van der Waals surface area contributed by atoms with Gasteiger partial charge >= 0.3 is 0 Å². The van der Waals surface area contributed by atoms with Crippen molar-refractivity contribution in [2.24, 2.45) is 5.92 Å². The lowest BCUT2D eigenvalue weighted by Crippen LogP contribution is -2.65. The highest BCUT2D eigenvalue weighted by Gasteiger charge is 2.51. The molecule has 16 heteroatoms. The zero-order valence-electron chi connectivity index (χ0n) is 31.9. The van der Waals surface area contributed by atoms with Crippen LogP contribution in [0.5, 0.6) is 0 Å². The first kappa shape index (κ1) is 43.2. The number of para-hydroxylation sites is 1. The van der Waals surface area contributed by atoms with E-state index in [0.29, 0.717) is 12.0 Å². The van der Waals surface area contributed by atoms with Crippen LogP contribution in [-0.2, 0) is 24.0 Å². The second-order valence-corrected chi connectivity index (χ2v) is 17.5. The summed E-state index contributed by atoms with van der Waals surface area (Å²) in [6.07, 6.45) is -15.8. The first-order chi connectivity index (χ1) is 28.3. The van der Waals surface area contributed by atoms with Gasteiger partial charge in [-0.05, 0) is 71.5 Å². The molecule has 14 nitrogen and oxygen atoms in total. The van der Waals surface area contributed by atoms with E-state index in [2.05, 4.69) is 17.0 Å². The molecule has 0 amide bonds. The van der Waals surface area contributed by atoms with Gasteiger partial charge < -0.3 is 60.0 Å². The fourth-order valence-electron chi connectivity index (χ4n) is 8.24. The number of aliphatic hydroxyl groups excluding tert-OH is 8. The predicted molar refractivity (Wildman–Crippen MR) is 211 cm³/mol. The first-order valence-electron chi connectivity index (χ1n) is 19.6. The highest BCUT2D eigenvalue weighted by molar-refractivity contribution is 7.91. The molecule has 8 N–H and O–H groups in total. The number of rotatable bonds is 14. The van der Waals surface area contributed by atoms with E-state index in [1.165, 1.54) is 24.3 Å². The Morgan fingerprint density at radius 1 is 0.712 bits per heavy atom. The normalized spacial score (nSPS) is 31.7. The fourth-order valence-corrected chi connectivity index (χ4v) is 9.69. The molecule has 7 rings (SSSR count). The minimum atomic E-state index is -4.12. The Hall–Kier alpha value is -3.88. The molecule has 0 radical (unpaired) electrons. The molecule has 0 aliphatic carbocycles. The summed E-state index contributed by atoms with van der Waals surface area (Å²) in [5, 5.41) is 82.8. The maximum Gasteiger partial charge on any atom is 0.187 e. The van der Waals surface area contributed by atoms with Crippen molar-refractivity contribution in [3.05, 3.63) is 120 Å². The van der Waals surface area contributed by atoms with Crippen LogP contribution in [0.15, 0.2) is 108 Å². The number of anilines is 1. The number of ether oxygens (including phenoxy) is 3. The largest absolute Gasteiger partial charge is 0.394 e. The summed E-state index contributed by atoms with van der Waals surface area (Å²) in [6, 6.07) is 30.3. The van der Waals surface area contributed by atoms with Crippen molar-refractivity contribution in [2.75, 3.05) is 30.4 Å². The van der Waals surface area contributed by atoms with Gasteiger partial charge in [0, 0.05) is 18.2 Å². The molecule has 3 aliphatic heterocycles. The lowest BCUT2D eigenvalue weighted by atomic mass is 9.79. The molecule has 4 aromatic carbocycles. The van der Waals surface area contributed by atoms with E-state index in [1.54, 1.807) is 24.3 Å². The molecule has 0 spiro atoms. The van der Waals surface area contributed by atoms with Gasteiger partial charge in [0.25, 0.3) is 0 Å². The average Bonchev–Trinajstić information content (AvgIpc) is 3.24. The Morgan fingerprint density at radius 3 is 1.95 bits per heavy atom. The van der Waals surface area contributed by atoms with Crippen molar-refractivity contribution in [3.8, 4) is 11.1 Å². The lowest BCUT2D eigenvalue weighted by Gasteiger charge is -2.50. The summed E-state index contributed by atoms with van der Waals surface area (Å²) >= 11 is 0. The van der Waals surface area contributed by atoms with Crippen LogP contribution in [0.2, 0.25) is 0 Å². The van der Waals surface area contributed by atoms with Crippen LogP contribution >= 0.6 is 0 Å². The van der Waals surface area contributed by atoms with E-state index < -0.39 is 96.1 Å². The SMILES string of the molecule is O=S(=O)(C[C@@H]1OC(CO)[C@@H](O[C@@H]2OC(CO)[C@@H](O)[C@H](O)C2O)[C@H](O)C1O)c1ccc(-c2ccc([C@@H]3[C@@H](CC[C@H](O)c4ccc(F)cc4)CN3c3ccccc3)cc2)cc1. The van der Waals surface area contributed by atoms with Crippen LogP contribution in [0.3, 0.4) is 0 Å². The lowest BCUT2D eigenvalue weighted by molar-refractivity contribution is -0.341. The quantitative estimate of drug-likeness (QED) is 0.0904. The van der Waals surface area contributed by atoms with Gasteiger partial charge in [-0.25, -0.2) is 12.8 Å². The van der Waals surface area contributed by atoms with Crippen LogP contribution in [-0.4, -0.2) is 136 Å². The molecule has 0 saturated carbocycles. The van der Waals surface area contributed by atoms with Crippen molar-refractivity contribution in [2.45, 2.75) is 91.1 Å². The van der Waals surface area contributed by atoms with Crippen LogP contribution in [0.1, 0.15) is 36.1 Å². The summed E-state index contributed by atoms with van der Waals surface area (Å²) in [4.78, 5) is 2.26. The second kappa shape index (κ2) is 18.4. The Labute approximate surface area is 341 Å². The molecular formula is C43H50FNO13S. The van der Waals surface area contributed by atoms with E-state index in [4.69, 9.17) is 14.2 Å². The molecule has 0 bridgehead atoms. The van der Waals surface area contributed by atoms with Gasteiger partial charge in [0.2, 0.25) is 0 Å². The third-order valence-corrected chi connectivity index (χ3v) is 13.4. The average molecular weight is 840 g/mol. The summed E-state index contributed by atoms with van der Waals surface area (Å²) in [5.41, 5.74) is 4.44. The summed E-state index contributed by atoms with van der Waals surface area (Å²) < 4.78 is 57.2. The second-order valence-electron chi connectivity index (χ2n) is 15.4. The van der Waals surface area contributed by atoms with Gasteiger partial charge in [0.1, 0.15) is 60.8 Å². The molecule has 3 aliphatic rings. The maximum absolute atomic E-state index is 13.6. The Kier molecular flexibility index (Phi) is 13.5. The van der Waals surface area contributed by atoms with Gasteiger partial charge in [-0.1, -0.05) is 66.7 Å². The highest BCUT2D eigenvalue weighted by Crippen LogP contribution is 2.45. The van der Waals surface area contributed by atoms with Crippen molar-refractivity contribution >= 4 is 15.5 Å². The molecule has 59 heavy (non-hydrogen) atoms. The minimum absolute atomic E-state index is 0.0512. The predicted octanol–water partition coefficient (Wildman–Crippen LogP) is 1.62.